The summed E-state index contributed by atoms with van der Waals surface area (Å²) < 4.78 is 18.2. The van der Waals surface area contributed by atoms with Crippen LogP contribution in [0.4, 0.5) is 10.1 Å². The molecular formula is C12H17FN2O. The number of aryl methyl sites for hydroxylation is 1. The molecule has 0 saturated carbocycles. The van der Waals surface area contributed by atoms with Crippen molar-refractivity contribution in [3.63, 3.8) is 0 Å². The number of halogens is 1. The average Bonchev–Trinajstić information content (AvgIpc) is 2.22. The Morgan fingerprint density at radius 1 is 1.50 bits per heavy atom. The van der Waals surface area contributed by atoms with Crippen molar-refractivity contribution < 1.29 is 9.13 Å². The summed E-state index contributed by atoms with van der Waals surface area (Å²) in [6.07, 6.45) is 0. The largest absolute Gasteiger partial charge is 0.384 e. The van der Waals surface area contributed by atoms with E-state index >= 15 is 0 Å². The molecule has 0 spiro atoms. The first-order valence-corrected chi connectivity index (χ1v) is 5.43. The lowest BCUT2D eigenvalue weighted by molar-refractivity contribution is -0.0979. The predicted molar refractivity (Wildman–Crippen MR) is 61.9 cm³/mol. The Hall–Kier alpha value is -1.13. The third-order valence-corrected chi connectivity index (χ3v) is 3.07. The van der Waals surface area contributed by atoms with Crippen molar-refractivity contribution in [2.45, 2.75) is 6.92 Å². The Labute approximate surface area is 94.8 Å². The maximum atomic E-state index is 13.0. The average molecular weight is 224 g/mol. The lowest BCUT2D eigenvalue weighted by Crippen LogP contribution is -2.52. The summed E-state index contributed by atoms with van der Waals surface area (Å²) >= 11 is 0. The number of nitrogens with one attached hydrogen (secondary N) is 1. The molecule has 0 aromatic heterocycles. The van der Waals surface area contributed by atoms with Crippen LogP contribution < -0.4 is 11.1 Å². The van der Waals surface area contributed by atoms with E-state index in [1.807, 2.05) is 0 Å². The van der Waals surface area contributed by atoms with E-state index in [4.69, 9.17) is 10.5 Å². The van der Waals surface area contributed by atoms with Crippen LogP contribution in [-0.4, -0.2) is 26.3 Å². The minimum atomic E-state index is -0.175. The van der Waals surface area contributed by atoms with Gasteiger partial charge in [0.15, 0.2) is 0 Å². The number of hydrogen-bond donors (Lipinski definition) is 2. The van der Waals surface area contributed by atoms with E-state index in [-0.39, 0.29) is 11.2 Å². The molecule has 0 unspecified atom stereocenters. The number of ether oxygens (including phenoxy) is 1. The molecule has 1 aliphatic heterocycles. The topological polar surface area (TPSA) is 47.3 Å². The molecule has 1 heterocycles. The fourth-order valence-electron chi connectivity index (χ4n) is 1.73. The normalized spacial score (nSPS) is 17.9. The van der Waals surface area contributed by atoms with Gasteiger partial charge in [0.2, 0.25) is 0 Å². The number of rotatable bonds is 4. The van der Waals surface area contributed by atoms with Crippen LogP contribution in [0.2, 0.25) is 0 Å². The molecule has 16 heavy (non-hydrogen) atoms. The second-order valence-electron chi connectivity index (χ2n) is 4.51. The predicted octanol–water partition coefficient (Wildman–Crippen LogP) is 1.52. The molecule has 0 amide bonds. The van der Waals surface area contributed by atoms with Crippen LogP contribution in [-0.2, 0) is 4.74 Å². The van der Waals surface area contributed by atoms with E-state index in [9.17, 15) is 4.39 Å². The van der Waals surface area contributed by atoms with Crippen LogP contribution in [0.1, 0.15) is 5.56 Å². The first-order valence-electron chi connectivity index (χ1n) is 5.43. The standard InChI is InChI=1S/C12H17FN2O/c1-9-4-10(2-3-11(9)13)15-6-12(5-14)7-16-8-12/h2-4,15H,5-8,14H2,1H3. The maximum absolute atomic E-state index is 13.0. The highest BCUT2D eigenvalue weighted by molar-refractivity contribution is 5.46. The van der Waals surface area contributed by atoms with E-state index in [2.05, 4.69) is 5.32 Å². The molecule has 1 aliphatic rings. The van der Waals surface area contributed by atoms with Gasteiger partial charge < -0.3 is 15.8 Å². The van der Waals surface area contributed by atoms with Crippen molar-refractivity contribution >= 4 is 5.69 Å². The molecule has 1 fully saturated rings. The molecule has 88 valence electrons. The van der Waals surface area contributed by atoms with Gasteiger partial charge in [-0.2, -0.15) is 0 Å². The second kappa shape index (κ2) is 4.39. The molecular weight excluding hydrogens is 207 g/mol. The molecule has 1 saturated heterocycles. The molecule has 0 radical (unpaired) electrons. The van der Waals surface area contributed by atoms with Gasteiger partial charge in [-0.25, -0.2) is 4.39 Å². The summed E-state index contributed by atoms with van der Waals surface area (Å²) in [6.45, 7) is 4.55. The molecule has 0 bridgehead atoms. The van der Waals surface area contributed by atoms with Gasteiger partial charge in [-0.1, -0.05) is 0 Å². The summed E-state index contributed by atoms with van der Waals surface area (Å²) in [5.41, 5.74) is 7.34. The molecule has 3 N–H and O–H groups in total. The Morgan fingerprint density at radius 2 is 2.25 bits per heavy atom. The number of anilines is 1. The second-order valence-corrected chi connectivity index (χ2v) is 4.51. The lowest BCUT2D eigenvalue weighted by Gasteiger charge is -2.40. The first-order chi connectivity index (χ1) is 7.65. The van der Waals surface area contributed by atoms with Gasteiger partial charge >= 0.3 is 0 Å². The van der Waals surface area contributed by atoms with Crippen molar-refractivity contribution in [2.24, 2.45) is 11.1 Å². The third-order valence-electron chi connectivity index (χ3n) is 3.07. The summed E-state index contributed by atoms with van der Waals surface area (Å²) in [4.78, 5) is 0. The molecule has 0 aliphatic carbocycles. The highest BCUT2D eigenvalue weighted by Gasteiger charge is 2.36. The van der Waals surface area contributed by atoms with Gasteiger partial charge in [0.05, 0.1) is 13.2 Å². The zero-order valence-electron chi connectivity index (χ0n) is 9.42. The van der Waals surface area contributed by atoms with Crippen LogP contribution in [0.5, 0.6) is 0 Å². The van der Waals surface area contributed by atoms with Crippen LogP contribution >= 0.6 is 0 Å². The van der Waals surface area contributed by atoms with Crippen molar-refractivity contribution in [1.29, 1.82) is 0 Å². The van der Waals surface area contributed by atoms with E-state index in [1.54, 1.807) is 19.1 Å². The monoisotopic (exact) mass is 224 g/mol. The van der Waals surface area contributed by atoms with E-state index < -0.39 is 0 Å². The van der Waals surface area contributed by atoms with Crippen molar-refractivity contribution in [3.8, 4) is 0 Å². The van der Waals surface area contributed by atoms with Crippen LogP contribution in [0, 0.1) is 18.2 Å². The Bertz CT molecular complexity index is 372. The highest BCUT2D eigenvalue weighted by atomic mass is 19.1. The summed E-state index contributed by atoms with van der Waals surface area (Å²) in [7, 11) is 0. The minimum absolute atomic E-state index is 0.0578. The molecule has 4 heteroatoms. The van der Waals surface area contributed by atoms with Crippen LogP contribution in [0.15, 0.2) is 18.2 Å². The fourth-order valence-corrected chi connectivity index (χ4v) is 1.73. The Balaban J connectivity index is 1.96. The third kappa shape index (κ3) is 2.18. The lowest BCUT2D eigenvalue weighted by atomic mass is 9.86. The minimum Gasteiger partial charge on any atom is -0.384 e. The van der Waals surface area contributed by atoms with Crippen molar-refractivity contribution in [2.75, 3.05) is 31.6 Å². The number of nitrogens with two attached hydrogens (primary N) is 1. The van der Waals surface area contributed by atoms with E-state index in [0.717, 1.165) is 12.2 Å². The van der Waals surface area contributed by atoms with Crippen molar-refractivity contribution in [1.82, 2.24) is 0 Å². The van der Waals surface area contributed by atoms with Gasteiger partial charge in [0, 0.05) is 24.2 Å². The van der Waals surface area contributed by atoms with Gasteiger partial charge in [-0.15, -0.1) is 0 Å². The molecule has 3 nitrogen and oxygen atoms in total. The zero-order valence-corrected chi connectivity index (χ0v) is 9.42. The molecule has 2 rings (SSSR count). The quantitative estimate of drug-likeness (QED) is 0.815. The zero-order chi connectivity index (χ0) is 11.6. The number of hydrogen-bond acceptors (Lipinski definition) is 3. The fraction of sp³-hybridized carbons (Fsp3) is 0.500. The molecule has 0 atom stereocenters. The van der Waals surface area contributed by atoms with Gasteiger partial charge in [-0.05, 0) is 30.7 Å². The van der Waals surface area contributed by atoms with Gasteiger partial charge in [0.1, 0.15) is 5.82 Å². The smallest absolute Gasteiger partial charge is 0.126 e. The molecule has 1 aromatic rings. The van der Waals surface area contributed by atoms with E-state index in [1.165, 1.54) is 6.07 Å². The SMILES string of the molecule is Cc1cc(NCC2(CN)COC2)ccc1F. The number of benzene rings is 1. The van der Waals surface area contributed by atoms with Crippen LogP contribution in [0.25, 0.3) is 0 Å². The molecule has 1 aromatic carbocycles. The highest BCUT2D eigenvalue weighted by Crippen LogP contribution is 2.26. The Morgan fingerprint density at radius 3 is 2.75 bits per heavy atom. The maximum Gasteiger partial charge on any atom is 0.126 e. The van der Waals surface area contributed by atoms with Crippen LogP contribution in [0.3, 0.4) is 0 Å². The summed E-state index contributed by atoms with van der Waals surface area (Å²) in [5, 5.41) is 3.28. The first kappa shape index (κ1) is 11.4. The summed E-state index contributed by atoms with van der Waals surface area (Å²) in [6, 6.07) is 5.02. The Kier molecular flexibility index (Phi) is 3.12. The van der Waals surface area contributed by atoms with Gasteiger partial charge in [0.25, 0.3) is 0 Å². The van der Waals surface area contributed by atoms with Gasteiger partial charge in [-0.3, -0.25) is 0 Å². The summed E-state index contributed by atoms with van der Waals surface area (Å²) in [5.74, 6) is -0.175. The van der Waals surface area contributed by atoms with Crippen molar-refractivity contribution in [3.05, 3.63) is 29.6 Å². The van der Waals surface area contributed by atoms with E-state index in [0.29, 0.717) is 25.3 Å².